The van der Waals surface area contributed by atoms with Gasteiger partial charge in [-0.05, 0) is 29.8 Å². The number of nitrogens with zero attached hydrogens (tertiary/aromatic N) is 1. The Morgan fingerprint density at radius 1 is 1.27 bits per heavy atom. The summed E-state index contributed by atoms with van der Waals surface area (Å²) >= 11 is 0. The van der Waals surface area contributed by atoms with Gasteiger partial charge in [-0.2, -0.15) is 0 Å². The molecule has 0 fully saturated rings. The van der Waals surface area contributed by atoms with Gasteiger partial charge < -0.3 is 10.5 Å². The van der Waals surface area contributed by atoms with Gasteiger partial charge in [-0.15, -0.1) is 12.4 Å². The largest absolute Gasteiger partial charge is 0.472 e. The van der Waals surface area contributed by atoms with Gasteiger partial charge >= 0.3 is 0 Å². The monoisotopic (exact) mass is 341 g/mol. The highest BCUT2D eigenvalue weighted by atomic mass is 35.5. The minimum atomic E-state index is -3.20. The zero-order valence-corrected chi connectivity index (χ0v) is 13.4. The van der Waals surface area contributed by atoms with Crippen molar-refractivity contribution in [3.8, 4) is 5.88 Å². The normalized spacial score (nSPS) is 10.6. The van der Waals surface area contributed by atoms with E-state index in [1.807, 2.05) is 0 Å². The van der Waals surface area contributed by atoms with Crippen molar-refractivity contribution in [3.63, 3.8) is 0 Å². The van der Waals surface area contributed by atoms with Gasteiger partial charge in [-0.3, -0.25) is 5.41 Å². The fraction of sp³-hybridized carbons (Fsp3) is 0.143. The first-order chi connectivity index (χ1) is 9.88. The minimum Gasteiger partial charge on any atom is -0.472 e. The third-order valence-corrected chi connectivity index (χ3v) is 3.92. The molecule has 0 radical (unpaired) electrons. The van der Waals surface area contributed by atoms with Crippen LogP contribution in [0.4, 0.5) is 0 Å². The second-order valence-electron chi connectivity index (χ2n) is 4.47. The number of hydrogen-bond donors (Lipinski definition) is 2. The van der Waals surface area contributed by atoms with Gasteiger partial charge in [-0.1, -0.05) is 12.1 Å². The van der Waals surface area contributed by atoms with Gasteiger partial charge in [0.25, 0.3) is 0 Å². The Hall–Kier alpha value is -2.12. The van der Waals surface area contributed by atoms with E-state index in [1.54, 1.807) is 30.5 Å². The quantitative estimate of drug-likeness (QED) is 0.636. The van der Waals surface area contributed by atoms with Crippen molar-refractivity contribution in [2.24, 2.45) is 5.73 Å². The highest BCUT2D eigenvalue weighted by molar-refractivity contribution is 7.90. The number of halogens is 1. The standard InChI is InChI=1S/C14H15N3O3S.ClH/c1-21(18,19)11-6-4-10(5-7-11)9-20-14-12(13(15)16)3-2-8-17-14;/h2-8H,9H2,1H3,(H3,15,16);1H. The second-order valence-corrected chi connectivity index (χ2v) is 6.49. The van der Waals surface area contributed by atoms with E-state index in [-0.39, 0.29) is 35.6 Å². The zero-order chi connectivity index (χ0) is 15.5. The summed E-state index contributed by atoms with van der Waals surface area (Å²) in [6, 6.07) is 9.72. The number of nitrogens with two attached hydrogens (primary N) is 1. The lowest BCUT2D eigenvalue weighted by Crippen LogP contribution is -2.13. The van der Waals surface area contributed by atoms with E-state index in [4.69, 9.17) is 15.9 Å². The number of nitrogens with one attached hydrogen (secondary N) is 1. The molecule has 2 aromatic rings. The molecule has 0 saturated heterocycles. The summed E-state index contributed by atoms with van der Waals surface area (Å²) in [4.78, 5) is 4.29. The van der Waals surface area contributed by atoms with Crippen LogP contribution in [0.5, 0.6) is 5.88 Å². The molecule has 0 amide bonds. The van der Waals surface area contributed by atoms with E-state index in [1.165, 1.54) is 12.1 Å². The van der Waals surface area contributed by atoms with Crippen LogP contribution < -0.4 is 10.5 Å². The first-order valence-electron chi connectivity index (χ1n) is 6.09. The predicted octanol–water partition coefficient (Wildman–Crippen LogP) is 1.77. The van der Waals surface area contributed by atoms with Crippen molar-refractivity contribution >= 4 is 28.1 Å². The van der Waals surface area contributed by atoms with Crippen LogP contribution in [0.3, 0.4) is 0 Å². The molecule has 1 aromatic carbocycles. The van der Waals surface area contributed by atoms with Crippen molar-refractivity contribution in [3.05, 3.63) is 53.7 Å². The number of rotatable bonds is 5. The molecule has 1 aromatic heterocycles. The Morgan fingerprint density at radius 2 is 1.91 bits per heavy atom. The lowest BCUT2D eigenvalue weighted by atomic mass is 10.2. The number of sulfone groups is 1. The second kappa shape index (κ2) is 7.24. The first-order valence-corrected chi connectivity index (χ1v) is 7.98. The summed E-state index contributed by atoms with van der Waals surface area (Å²) in [7, 11) is -3.20. The van der Waals surface area contributed by atoms with Gasteiger partial charge in [0.15, 0.2) is 9.84 Å². The third-order valence-electron chi connectivity index (χ3n) is 2.79. The van der Waals surface area contributed by atoms with Crippen LogP contribution >= 0.6 is 12.4 Å². The summed E-state index contributed by atoms with van der Waals surface area (Å²) < 4.78 is 28.3. The molecule has 0 saturated carbocycles. The summed E-state index contributed by atoms with van der Waals surface area (Å²) in [6.07, 6.45) is 2.71. The number of nitrogen functional groups attached to an aromatic ring is 1. The van der Waals surface area contributed by atoms with Crippen LogP contribution in [0, 0.1) is 5.41 Å². The van der Waals surface area contributed by atoms with E-state index in [0.29, 0.717) is 5.56 Å². The van der Waals surface area contributed by atoms with Gasteiger partial charge in [0.1, 0.15) is 12.4 Å². The molecule has 0 bridgehead atoms. The summed E-state index contributed by atoms with van der Waals surface area (Å²) in [5, 5.41) is 7.45. The van der Waals surface area contributed by atoms with E-state index < -0.39 is 9.84 Å². The smallest absolute Gasteiger partial charge is 0.224 e. The summed E-state index contributed by atoms with van der Waals surface area (Å²) in [5.74, 6) is 0.155. The Balaban J connectivity index is 0.00000242. The maximum atomic E-state index is 11.4. The van der Waals surface area contributed by atoms with Crippen molar-refractivity contribution in [1.82, 2.24) is 4.98 Å². The first kappa shape index (κ1) is 17.9. The molecule has 0 aliphatic carbocycles. The molecule has 8 heteroatoms. The molecule has 0 spiro atoms. The molecule has 0 unspecified atom stereocenters. The van der Waals surface area contributed by atoms with Crippen molar-refractivity contribution in [2.75, 3.05) is 6.26 Å². The van der Waals surface area contributed by atoms with Crippen molar-refractivity contribution < 1.29 is 13.2 Å². The summed E-state index contributed by atoms with van der Waals surface area (Å²) in [5.41, 5.74) is 6.66. The van der Waals surface area contributed by atoms with Gasteiger partial charge in [-0.25, -0.2) is 13.4 Å². The molecule has 0 atom stereocenters. The fourth-order valence-corrected chi connectivity index (χ4v) is 2.33. The summed E-state index contributed by atoms with van der Waals surface area (Å²) in [6.45, 7) is 0.210. The topological polar surface area (TPSA) is 106 Å². The molecule has 1 heterocycles. The van der Waals surface area contributed by atoms with Crippen molar-refractivity contribution in [1.29, 1.82) is 5.41 Å². The highest BCUT2D eigenvalue weighted by Crippen LogP contribution is 2.16. The minimum absolute atomic E-state index is 0. The number of pyridine rings is 1. The zero-order valence-electron chi connectivity index (χ0n) is 11.8. The molecule has 2 rings (SSSR count). The van der Waals surface area contributed by atoms with E-state index in [2.05, 4.69) is 4.98 Å². The van der Waals surface area contributed by atoms with E-state index >= 15 is 0 Å². The molecular weight excluding hydrogens is 326 g/mol. The van der Waals surface area contributed by atoms with Crippen LogP contribution in [0.1, 0.15) is 11.1 Å². The molecule has 3 N–H and O–H groups in total. The molecule has 118 valence electrons. The number of ether oxygens (including phenoxy) is 1. The van der Waals surface area contributed by atoms with Crippen LogP contribution in [0.15, 0.2) is 47.5 Å². The Morgan fingerprint density at radius 3 is 2.45 bits per heavy atom. The molecular formula is C14H16ClN3O3S. The highest BCUT2D eigenvalue weighted by Gasteiger charge is 2.09. The number of amidine groups is 1. The molecule has 0 aliphatic rings. The Labute approximate surface area is 135 Å². The van der Waals surface area contributed by atoms with Crippen LogP contribution in [-0.4, -0.2) is 25.5 Å². The average Bonchev–Trinajstić information content (AvgIpc) is 2.45. The van der Waals surface area contributed by atoms with Crippen LogP contribution in [0.25, 0.3) is 0 Å². The molecule has 0 aliphatic heterocycles. The van der Waals surface area contributed by atoms with Gasteiger partial charge in [0.2, 0.25) is 5.88 Å². The van der Waals surface area contributed by atoms with Crippen molar-refractivity contribution in [2.45, 2.75) is 11.5 Å². The number of benzene rings is 1. The maximum Gasteiger partial charge on any atom is 0.224 e. The average molecular weight is 342 g/mol. The predicted molar refractivity (Wildman–Crippen MR) is 86.4 cm³/mol. The van der Waals surface area contributed by atoms with E-state index in [0.717, 1.165) is 11.8 Å². The lowest BCUT2D eigenvalue weighted by Gasteiger charge is -2.09. The van der Waals surface area contributed by atoms with E-state index in [9.17, 15) is 8.42 Å². The number of hydrogen-bond acceptors (Lipinski definition) is 5. The Bertz CT molecular complexity index is 761. The maximum absolute atomic E-state index is 11.4. The lowest BCUT2D eigenvalue weighted by molar-refractivity contribution is 0.293. The number of aromatic nitrogens is 1. The third kappa shape index (κ3) is 4.44. The van der Waals surface area contributed by atoms with Gasteiger partial charge in [0.05, 0.1) is 10.5 Å². The van der Waals surface area contributed by atoms with Gasteiger partial charge in [0, 0.05) is 12.5 Å². The Kier molecular flexibility index (Phi) is 5.90. The van der Waals surface area contributed by atoms with Crippen LogP contribution in [0.2, 0.25) is 0 Å². The molecule has 6 nitrogen and oxygen atoms in total. The fourth-order valence-electron chi connectivity index (χ4n) is 1.70. The van der Waals surface area contributed by atoms with Crippen LogP contribution in [-0.2, 0) is 16.4 Å². The molecule has 22 heavy (non-hydrogen) atoms. The SMILES string of the molecule is CS(=O)(=O)c1ccc(COc2ncccc2C(=N)N)cc1.Cl.